The van der Waals surface area contributed by atoms with Gasteiger partial charge in [-0.25, -0.2) is 0 Å². The molecule has 0 radical (unpaired) electrons. The summed E-state index contributed by atoms with van der Waals surface area (Å²) in [5.41, 5.74) is 3.21. The number of aromatic nitrogens is 2. The van der Waals surface area contributed by atoms with Gasteiger partial charge >= 0.3 is 0 Å². The number of thiophene rings is 1. The van der Waals surface area contributed by atoms with E-state index in [1.807, 2.05) is 47.5 Å². The smallest absolute Gasteiger partial charge is 0.257 e. The van der Waals surface area contributed by atoms with Gasteiger partial charge in [-0.05, 0) is 61.4 Å². The van der Waals surface area contributed by atoms with Crippen molar-refractivity contribution in [3.05, 3.63) is 52.7 Å². The van der Waals surface area contributed by atoms with Crippen LogP contribution in [0.3, 0.4) is 0 Å². The summed E-state index contributed by atoms with van der Waals surface area (Å²) in [5, 5.41) is 10.4. The first-order valence-corrected chi connectivity index (χ1v) is 11.9. The van der Waals surface area contributed by atoms with E-state index in [4.69, 9.17) is 4.42 Å². The summed E-state index contributed by atoms with van der Waals surface area (Å²) in [4.78, 5) is 30.6. The molecule has 2 saturated heterocycles. The molecule has 0 bridgehead atoms. The van der Waals surface area contributed by atoms with Crippen molar-refractivity contribution in [3.8, 4) is 10.8 Å². The fourth-order valence-corrected chi connectivity index (χ4v) is 5.20. The number of hydrogen-bond acceptors (Lipinski definition) is 6. The van der Waals surface area contributed by atoms with Crippen molar-refractivity contribution in [2.75, 3.05) is 24.5 Å². The number of benzene rings is 1. The Morgan fingerprint density at radius 3 is 2.81 bits per heavy atom. The average Bonchev–Trinajstić information content (AvgIpc) is 3.56. The molecule has 2 aliphatic heterocycles. The van der Waals surface area contributed by atoms with Crippen molar-refractivity contribution in [3.63, 3.8) is 0 Å². The van der Waals surface area contributed by atoms with Gasteiger partial charge in [0.1, 0.15) is 0 Å². The van der Waals surface area contributed by atoms with E-state index in [1.165, 1.54) is 5.56 Å². The third kappa shape index (κ3) is 3.95. The van der Waals surface area contributed by atoms with E-state index in [2.05, 4.69) is 17.1 Å². The van der Waals surface area contributed by atoms with Crippen LogP contribution in [0.4, 0.5) is 5.69 Å². The average molecular weight is 451 g/mol. The summed E-state index contributed by atoms with van der Waals surface area (Å²) >= 11 is 1.56. The fraction of sp³-hybridized carbons (Fsp3) is 0.417. The van der Waals surface area contributed by atoms with Gasteiger partial charge in [-0.15, -0.1) is 21.5 Å². The van der Waals surface area contributed by atoms with Gasteiger partial charge in [0.15, 0.2) is 0 Å². The molecule has 2 fully saturated rings. The van der Waals surface area contributed by atoms with Gasteiger partial charge < -0.3 is 14.2 Å². The van der Waals surface area contributed by atoms with Gasteiger partial charge in [0.25, 0.3) is 5.89 Å². The predicted molar refractivity (Wildman–Crippen MR) is 123 cm³/mol. The Hall–Kier alpha value is -3.00. The zero-order valence-electron chi connectivity index (χ0n) is 18.3. The zero-order chi connectivity index (χ0) is 22.2. The summed E-state index contributed by atoms with van der Waals surface area (Å²) in [7, 11) is 0. The zero-order valence-corrected chi connectivity index (χ0v) is 19.1. The van der Waals surface area contributed by atoms with Gasteiger partial charge in [-0.1, -0.05) is 12.1 Å². The Morgan fingerprint density at radius 2 is 2.03 bits per heavy atom. The number of amides is 2. The summed E-state index contributed by atoms with van der Waals surface area (Å²) in [6.45, 7) is 5.79. The largest absolute Gasteiger partial charge is 0.420 e. The molecule has 2 unspecified atom stereocenters. The molecule has 8 heteroatoms. The Balaban J connectivity index is 1.26. The molecular weight excluding hydrogens is 424 g/mol. The first-order valence-electron chi connectivity index (χ1n) is 11.0. The molecule has 166 valence electrons. The van der Waals surface area contributed by atoms with Gasteiger partial charge in [0.2, 0.25) is 17.7 Å². The highest BCUT2D eigenvalue weighted by molar-refractivity contribution is 7.13. The maximum Gasteiger partial charge on any atom is 0.257 e. The maximum atomic E-state index is 13.3. The normalized spacial score (nSPS) is 21.4. The molecule has 2 aromatic heterocycles. The molecule has 2 amide bonds. The number of carbonyl (C=O) groups excluding carboxylic acids is 2. The second-order valence-corrected chi connectivity index (χ2v) is 9.67. The van der Waals surface area contributed by atoms with Gasteiger partial charge in [0.05, 0.1) is 16.7 Å². The van der Waals surface area contributed by atoms with Crippen LogP contribution in [0.2, 0.25) is 0 Å². The fourth-order valence-electron chi connectivity index (χ4n) is 4.55. The molecular formula is C24H26N4O3S. The second-order valence-electron chi connectivity index (χ2n) is 8.72. The van der Waals surface area contributed by atoms with Crippen molar-refractivity contribution in [1.29, 1.82) is 0 Å². The number of hydrogen-bond donors (Lipinski definition) is 0. The van der Waals surface area contributed by atoms with E-state index in [1.54, 1.807) is 16.2 Å². The quantitative estimate of drug-likeness (QED) is 0.596. The monoisotopic (exact) mass is 450 g/mol. The van der Waals surface area contributed by atoms with Crippen LogP contribution in [0.25, 0.3) is 10.8 Å². The predicted octanol–water partition coefficient (Wildman–Crippen LogP) is 4.17. The minimum absolute atomic E-state index is 0.0117. The molecule has 3 aromatic rings. The lowest BCUT2D eigenvalue weighted by Crippen LogP contribution is -2.43. The minimum atomic E-state index is -0.313. The van der Waals surface area contributed by atoms with Crippen molar-refractivity contribution in [2.24, 2.45) is 5.92 Å². The summed E-state index contributed by atoms with van der Waals surface area (Å²) < 4.78 is 5.92. The number of piperidine rings is 1. The lowest BCUT2D eigenvalue weighted by atomic mass is 9.96. The van der Waals surface area contributed by atoms with Crippen LogP contribution in [0, 0.1) is 19.8 Å². The van der Waals surface area contributed by atoms with E-state index in [-0.39, 0.29) is 30.1 Å². The highest BCUT2D eigenvalue weighted by atomic mass is 32.1. The summed E-state index contributed by atoms with van der Waals surface area (Å²) in [6.07, 6.45) is 2.05. The molecule has 0 N–H and O–H groups in total. The molecule has 4 heterocycles. The summed E-state index contributed by atoms with van der Waals surface area (Å²) in [6, 6.07) is 9.92. The number of nitrogens with zero attached hydrogens (tertiary/aromatic N) is 4. The standard InChI is InChI=1S/C24H26N4O3S/c1-15-7-8-19(11-16(15)2)28-14-18(12-21(28)29)24(30)27-9-3-5-17(13-27)22-25-26-23(31-22)20-6-4-10-32-20/h4,6-8,10-11,17-18H,3,5,9,12-14H2,1-2H3. The van der Waals surface area contributed by atoms with Crippen molar-refractivity contribution < 1.29 is 14.0 Å². The lowest BCUT2D eigenvalue weighted by Gasteiger charge is -2.32. The van der Waals surface area contributed by atoms with E-state index in [0.29, 0.717) is 31.4 Å². The van der Waals surface area contributed by atoms with Crippen LogP contribution in [0.5, 0.6) is 0 Å². The highest BCUT2D eigenvalue weighted by Gasteiger charge is 2.39. The SMILES string of the molecule is Cc1ccc(N2CC(C(=O)N3CCCC(c4nnc(-c5cccs5)o4)C3)CC2=O)cc1C. The first kappa shape index (κ1) is 20.9. The molecule has 1 aromatic carbocycles. The number of aryl methyl sites for hydroxylation is 2. The van der Waals surface area contributed by atoms with Crippen LogP contribution >= 0.6 is 11.3 Å². The molecule has 0 aliphatic carbocycles. The van der Waals surface area contributed by atoms with Crippen LogP contribution in [-0.2, 0) is 9.59 Å². The maximum absolute atomic E-state index is 13.3. The molecule has 5 rings (SSSR count). The van der Waals surface area contributed by atoms with E-state index in [9.17, 15) is 9.59 Å². The van der Waals surface area contributed by atoms with E-state index >= 15 is 0 Å². The van der Waals surface area contributed by atoms with E-state index < -0.39 is 0 Å². The Bertz CT molecular complexity index is 1140. The van der Waals surface area contributed by atoms with Gasteiger partial charge in [-0.3, -0.25) is 9.59 Å². The van der Waals surface area contributed by atoms with Gasteiger partial charge in [-0.2, -0.15) is 0 Å². The number of likely N-dealkylation sites (tertiary alicyclic amines) is 1. The summed E-state index contributed by atoms with van der Waals surface area (Å²) in [5.74, 6) is 0.896. The molecule has 32 heavy (non-hydrogen) atoms. The van der Waals surface area contributed by atoms with Crippen molar-refractivity contribution in [1.82, 2.24) is 15.1 Å². The second kappa shape index (κ2) is 8.50. The number of carbonyl (C=O) groups is 2. The lowest BCUT2D eigenvalue weighted by molar-refractivity contribution is -0.137. The molecule has 2 aliphatic rings. The van der Waals surface area contributed by atoms with Crippen LogP contribution in [0.15, 0.2) is 40.1 Å². The molecule has 7 nitrogen and oxygen atoms in total. The number of rotatable bonds is 4. The van der Waals surface area contributed by atoms with Crippen LogP contribution in [0.1, 0.15) is 42.2 Å². The van der Waals surface area contributed by atoms with Gasteiger partial charge in [0, 0.05) is 31.7 Å². The molecule has 0 saturated carbocycles. The molecule has 2 atom stereocenters. The molecule has 0 spiro atoms. The Morgan fingerprint density at radius 1 is 1.16 bits per heavy atom. The van der Waals surface area contributed by atoms with Crippen LogP contribution in [-0.4, -0.2) is 46.5 Å². The third-order valence-electron chi connectivity index (χ3n) is 6.53. The first-order chi connectivity index (χ1) is 15.5. The van der Waals surface area contributed by atoms with Crippen molar-refractivity contribution >= 4 is 28.8 Å². The third-order valence-corrected chi connectivity index (χ3v) is 7.39. The number of anilines is 1. The minimum Gasteiger partial charge on any atom is -0.420 e. The van der Waals surface area contributed by atoms with Crippen LogP contribution < -0.4 is 4.90 Å². The Kier molecular flexibility index (Phi) is 5.55. The highest BCUT2D eigenvalue weighted by Crippen LogP contribution is 2.32. The van der Waals surface area contributed by atoms with E-state index in [0.717, 1.165) is 29.0 Å². The van der Waals surface area contributed by atoms with Crippen molar-refractivity contribution in [2.45, 2.75) is 39.0 Å². The Labute approximate surface area is 191 Å². The topological polar surface area (TPSA) is 79.5 Å².